The van der Waals surface area contributed by atoms with Gasteiger partial charge in [-0.25, -0.2) is 0 Å². The molecule has 100 valence electrons. The van der Waals surface area contributed by atoms with E-state index in [1.807, 2.05) is 43.3 Å². The fourth-order valence-corrected chi connectivity index (χ4v) is 3.15. The van der Waals surface area contributed by atoms with Crippen LogP contribution in [-0.4, -0.2) is 0 Å². The van der Waals surface area contributed by atoms with Crippen molar-refractivity contribution in [1.29, 1.82) is 0 Å². The Bertz CT molecular complexity index is 599. The van der Waals surface area contributed by atoms with Crippen molar-refractivity contribution in [2.24, 2.45) is 5.73 Å². The van der Waals surface area contributed by atoms with E-state index in [-0.39, 0.29) is 6.04 Å². The predicted octanol–water partition coefficient (Wildman–Crippen LogP) is 5.79. The predicted molar refractivity (Wildman–Crippen MR) is 88.7 cm³/mol. The van der Waals surface area contributed by atoms with E-state index in [9.17, 15) is 0 Å². The van der Waals surface area contributed by atoms with Crippen molar-refractivity contribution in [2.75, 3.05) is 0 Å². The summed E-state index contributed by atoms with van der Waals surface area (Å²) < 4.78 is 8.82. The highest BCUT2D eigenvalue weighted by atomic mass is 79.9. The molecular formula is C14H12Br3NO. The number of hydrogen-bond donors (Lipinski definition) is 1. The first-order valence-electron chi connectivity index (χ1n) is 5.65. The Morgan fingerprint density at radius 3 is 2.11 bits per heavy atom. The number of benzene rings is 2. The maximum Gasteiger partial charge on any atom is 0.141 e. The van der Waals surface area contributed by atoms with E-state index < -0.39 is 0 Å². The molecule has 0 heterocycles. The smallest absolute Gasteiger partial charge is 0.141 e. The van der Waals surface area contributed by atoms with Crippen molar-refractivity contribution in [1.82, 2.24) is 0 Å². The number of hydrogen-bond acceptors (Lipinski definition) is 2. The third-order valence-electron chi connectivity index (χ3n) is 2.58. The van der Waals surface area contributed by atoms with E-state index in [0.717, 1.165) is 30.5 Å². The zero-order chi connectivity index (χ0) is 14.0. The summed E-state index contributed by atoms with van der Waals surface area (Å²) in [6, 6.07) is 11.5. The Kier molecular flexibility index (Phi) is 5.06. The minimum absolute atomic E-state index is 0.0956. The molecule has 2 aromatic carbocycles. The molecule has 2 rings (SSSR count). The minimum atomic E-state index is -0.0956. The Balaban J connectivity index is 2.38. The van der Waals surface area contributed by atoms with E-state index in [0.29, 0.717) is 0 Å². The van der Waals surface area contributed by atoms with Gasteiger partial charge >= 0.3 is 0 Å². The molecule has 2 aromatic rings. The summed E-state index contributed by atoms with van der Waals surface area (Å²) in [5.74, 6) is 1.52. The fraction of sp³-hybridized carbons (Fsp3) is 0.143. The van der Waals surface area contributed by atoms with Crippen LogP contribution in [0.1, 0.15) is 18.5 Å². The Hall–Kier alpha value is -0.360. The first-order valence-corrected chi connectivity index (χ1v) is 8.03. The maximum atomic E-state index is 5.98. The van der Waals surface area contributed by atoms with Gasteiger partial charge in [0.05, 0.1) is 4.47 Å². The quantitative estimate of drug-likeness (QED) is 0.644. The van der Waals surface area contributed by atoms with Crippen LogP contribution >= 0.6 is 47.8 Å². The molecule has 2 nitrogen and oxygen atoms in total. The van der Waals surface area contributed by atoms with Crippen LogP contribution in [-0.2, 0) is 0 Å². The molecule has 0 spiro atoms. The highest BCUT2D eigenvalue weighted by molar-refractivity contribution is 9.11. The van der Waals surface area contributed by atoms with Gasteiger partial charge in [-0.3, -0.25) is 0 Å². The lowest BCUT2D eigenvalue weighted by Gasteiger charge is -2.15. The van der Waals surface area contributed by atoms with Crippen LogP contribution in [0.15, 0.2) is 49.8 Å². The zero-order valence-electron chi connectivity index (χ0n) is 10.2. The van der Waals surface area contributed by atoms with Gasteiger partial charge in [-0.15, -0.1) is 0 Å². The molecule has 0 aliphatic heterocycles. The first kappa shape index (κ1) is 15.0. The lowest BCUT2D eigenvalue weighted by atomic mass is 10.1. The first-order chi connectivity index (χ1) is 8.97. The molecule has 0 bridgehead atoms. The van der Waals surface area contributed by atoms with Gasteiger partial charge in [0.1, 0.15) is 11.5 Å². The molecule has 19 heavy (non-hydrogen) atoms. The van der Waals surface area contributed by atoms with Crippen LogP contribution < -0.4 is 10.5 Å². The summed E-state index contributed by atoms with van der Waals surface area (Å²) in [6.07, 6.45) is 0. The summed E-state index contributed by atoms with van der Waals surface area (Å²) in [7, 11) is 0. The zero-order valence-corrected chi connectivity index (χ0v) is 14.9. The van der Waals surface area contributed by atoms with E-state index >= 15 is 0 Å². The average molecular weight is 450 g/mol. The van der Waals surface area contributed by atoms with Crippen LogP contribution in [0.2, 0.25) is 0 Å². The molecule has 0 fully saturated rings. The molecule has 0 radical (unpaired) electrons. The minimum Gasteiger partial charge on any atom is -0.456 e. The summed E-state index contributed by atoms with van der Waals surface area (Å²) in [5.41, 5.74) is 6.94. The second kappa shape index (κ2) is 6.39. The average Bonchev–Trinajstić information content (AvgIpc) is 2.34. The largest absolute Gasteiger partial charge is 0.456 e. The summed E-state index contributed by atoms with van der Waals surface area (Å²) in [5, 5.41) is 0. The van der Waals surface area contributed by atoms with Crippen molar-refractivity contribution in [3.05, 3.63) is 55.4 Å². The number of ether oxygens (including phenoxy) is 1. The van der Waals surface area contributed by atoms with Gasteiger partial charge in [-0.1, -0.05) is 31.9 Å². The normalized spacial score (nSPS) is 12.3. The van der Waals surface area contributed by atoms with Gasteiger partial charge in [0, 0.05) is 20.6 Å². The van der Waals surface area contributed by atoms with Gasteiger partial charge in [0.25, 0.3) is 0 Å². The summed E-state index contributed by atoms with van der Waals surface area (Å²) in [4.78, 5) is 0. The van der Waals surface area contributed by atoms with Crippen LogP contribution in [0.4, 0.5) is 0 Å². The molecule has 0 aliphatic carbocycles. The van der Waals surface area contributed by atoms with Gasteiger partial charge < -0.3 is 10.5 Å². The maximum absolute atomic E-state index is 5.98. The molecule has 1 atom stereocenters. The molecule has 2 N–H and O–H groups in total. The number of nitrogens with two attached hydrogens (primary N) is 1. The van der Waals surface area contributed by atoms with E-state index in [4.69, 9.17) is 10.5 Å². The van der Waals surface area contributed by atoms with Gasteiger partial charge in [-0.2, -0.15) is 0 Å². The molecule has 0 saturated heterocycles. The van der Waals surface area contributed by atoms with Crippen LogP contribution in [0, 0.1) is 0 Å². The molecule has 0 aliphatic rings. The van der Waals surface area contributed by atoms with Crippen molar-refractivity contribution >= 4 is 47.8 Å². The highest BCUT2D eigenvalue weighted by Crippen LogP contribution is 2.35. The lowest BCUT2D eigenvalue weighted by Crippen LogP contribution is -2.06. The lowest BCUT2D eigenvalue weighted by molar-refractivity contribution is 0.469. The Morgan fingerprint density at radius 2 is 1.53 bits per heavy atom. The monoisotopic (exact) mass is 447 g/mol. The van der Waals surface area contributed by atoms with Crippen molar-refractivity contribution < 1.29 is 4.74 Å². The van der Waals surface area contributed by atoms with Crippen LogP contribution in [0.5, 0.6) is 11.5 Å². The van der Waals surface area contributed by atoms with Gasteiger partial charge in [0.15, 0.2) is 0 Å². The van der Waals surface area contributed by atoms with E-state index in [1.54, 1.807) is 0 Å². The fourth-order valence-electron chi connectivity index (χ4n) is 1.64. The van der Waals surface area contributed by atoms with Crippen molar-refractivity contribution in [3.63, 3.8) is 0 Å². The topological polar surface area (TPSA) is 35.2 Å². The van der Waals surface area contributed by atoms with Crippen molar-refractivity contribution in [2.45, 2.75) is 13.0 Å². The highest BCUT2D eigenvalue weighted by Gasteiger charge is 2.11. The molecule has 0 saturated carbocycles. The molecular weight excluding hydrogens is 438 g/mol. The third-order valence-corrected chi connectivity index (χ3v) is 4.18. The second-order valence-corrected chi connectivity index (χ2v) is 6.83. The Labute approximate surface area is 137 Å². The number of rotatable bonds is 3. The molecule has 5 heteroatoms. The Morgan fingerprint density at radius 1 is 0.947 bits per heavy atom. The molecule has 0 amide bonds. The van der Waals surface area contributed by atoms with Gasteiger partial charge in [-0.05, 0) is 59.3 Å². The number of halogens is 3. The van der Waals surface area contributed by atoms with Crippen LogP contribution in [0.25, 0.3) is 0 Å². The third kappa shape index (κ3) is 3.81. The van der Waals surface area contributed by atoms with E-state index in [1.165, 1.54) is 0 Å². The molecule has 0 aromatic heterocycles. The summed E-state index contributed by atoms with van der Waals surface area (Å²) in [6.45, 7) is 1.94. The second-order valence-electron chi connectivity index (χ2n) is 4.15. The summed E-state index contributed by atoms with van der Waals surface area (Å²) >= 11 is 10.3. The van der Waals surface area contributed by atoms with E-state index in [2.05, 4.69) is 47.8 Å². The SMILES string of the molecule is CC(N)c1cc(Br)ccc1Oc1ccc(Br)cc1Br. The molecule has 1 unspecified atom stereocenters. The standard InChI is InChI=1S/C14H12Br3NO/c1-8(18)11-6-9(15)2-4-13(11)19-14-5-3-10(16)7-12(14)17/h2-8H,18H2,1H3. The van der Waals surface area contributed by atoms with Gasteiger partial charge in [0.2, 0.25) is 0 Å². The van der Waals surface area contributed by atoms with Crippen molar-refractivity contribution in [3.8, 4) is 11.5 Å². The van der Waals surface area contributed by atoms with Crippen LogP contribution in [0.3, 0.4) is 0 Å².